The minimum absolute atomic E-state index is 0.00123. The van der Waals surface area contributed by atoms with E-state index in [1.165, 1.54) is 0 Å². The highest BCUT2D eigenvalue weighted by Crippen LogP contribution is 2.19. The van der Waals surface area contributed by atoms with Crippen molar-refractivity contribution in [3.05, 3.63) is 5.89 Å². The molecular weight excluding hydrogens is 256 g/mol. The van der Waals surface area contributed by atoms with E-state index in [1.807, 2.05) is 13.8 Å². The van der Waals surface area contributed by atoms with Gasteiger partial charge in [-0.25, -0.2) is 0 Å². The van der Waals surface area contributed by atoms with Crippen LogP contribution in [0.25, 0.3) is 0 Å². The number of rotatable bonds is 6. The fourth-order valence-electron chi connectivity index (χ4n) is 1.51. The third-order valence-corrected chi connectivity index (χ3v) is 2.75. The molecule has 1 amide bonds. The van der Waals surface area contributed by atoms with Gasteiger partial charge in [-0.15, -0.1) is 16.7 Å². The summed E-state index contributed by atoms with van der Waals surface area (Å²) in [6, 6.07) is -0.200. The number of hydrogen-bond acceptors (Lipinski definition) is 5. The summed E-state index contributed by atoms with van der Waals surface area (Å²) in [6.45, 7) is 8.73. The molecule has 18 heavy (non-hydrogen) atoms. The molecule has 0 spiro atoms. The molecule has 1 aromatic heterocycles. The first kappa shape index (κ1) is 14.8. The molecule has 0 aliphatic carbocycles. The van der Waals surface area contributed by atoms with Gasteiger partial charge in [0.25, 0.3) is 0 Å². The van der Waals surface area contributed by atoms with Gasteiger partial charge in [0.15, 0.2) is 0 Å². The quantitative estimate of drug-likeness (QED) is 0.804. The Morgan fingerprint density at radius 3 is 2.44 bits per heavy atom. The Hall–Kier alpha value is -1.30. The molecule has 0 aliphatic rings. The van der Waals surface area contributed by atoms with Gasteiger partial charge in [0.1, 0.15) is 11.4 Å². The van der Waals surface area contributed by atoms with Gasteiger partial charge in [0.2, 0.25) is 11.8 Å². The van der Waals surface area contributed by atoms with Crippen LogP contribution >= 0.6 is 11.6 Å². The Kier molecular flexibility index (Phi) is 5.40. The third kappa shape index (κ3) is 3.60. The molecule has 0 saturated heterocycles. The zero-order valence-electron chi connectivity index (χ0n) is 11.1. The zero-order valence-corrected chi connectivity index (χ0v) is 11.9. The SMILES string of the molecule is CCN(CC)C(=O)C(C)Nc1nnc(C(C)Cl)o1. The molecule has 2 unspecified atom stereocenters. The number of nitrogens with one attached hydrogen (secondary N) is 1. The summed E-state index contributed by atoms with van der Waals surface area (Å²) in [4.78, 5) is 13.7. The van der Waals surface area contributed by atoms with Gasteiger partial charge in [0.05, 0.1) is 0 Å². The van der Waals surface area contributed by atoms with Gasteiger partial charge in [0, 0.05) is 13.1 Å². The average molecular weight is 275 g/mol. The van der Waals surface area contributed by atoms with Crippen molar-refractivity contribution in [1.82, 2.24) is 15.1 Å². The standard InChI is InChI=1S/C11H19ClN4O2/c1-5-16(6-2)10(17)8(4)13-11-15-14-9(18-11)7(3)12/h7-8H,5-6H2,1-4H3,(H,13,15). The van der Waals surface area contributed by atoms with Crippen molar-refractivity contribution < 1.29 is 9.21 Å². The minimum atomic E-state index is -0.413. The minimum Gasteiger partial charge on any atom is -0.406 e. The largest absolute Gasteiger partial charge is 0.406 e. The average Bonchev–Trinajstić information content (AvgIpc) is 2.79. The second kappa shape index (κ2) is 6.58. The van der Waals surface area contributed by atoms with Crippen molar-refractivity contribution in [2.75, 3.05) is 18.4 Å². The van der Waals surface area contributed by atoms with Crippen molar-refractivity contribution in [3.8, 4) is 0 Å². The predicted molar refractivity (Wildman–Crippen MR) is 69.6 cm³/mol. The number of alkyl halides is 1. The van der Waals surface area contributed by atoms with E-state index in [4.69, 9.17) is 16.0 Å². The molecule has 1 rings (SSSR count). The number of anilines is 1. The zero-order chi connectivity index (χ0) is 13.7. The Bertz CT molecular complexity index is 390. The monoisotopic (exact) mass is 274 g/mol. The fourth-order valence-corrected chi connectivity index (χ4v) is 1.60. The topological polar surface area (TPSA) is 71.3 Å². The van der Waals surface area contributed by atoms with Crippen molar-refractivity contribution in [2.45, 2.75) is 39.1 Å². The van der Waals surface area contributed by atoms with E-state index in [-0.39, 0.29) is 17.3 Å². The molecule has 102 valence electrons. The Morgan fingerprint density at radius 2 is 2.00 bits per heavy atom. The Morgan fingerprint density at radius 1 is 1.39 bits per heavy atom. The van der Waals surface area contributed by atoms with Crippen molar-refractivity contribution in [2.24, 2.45) is 0 Å². The van der Waals surface area contributed by atoms with E-state index < -0.39 is 6.04 Å². The highest BCUT2D eigenvalue weighted by Gasteiger charge is 2.20. The van der Waals surface area contributed by atoms with Crippen LogP contribution in [0.2, 0.25) is 0 Å². The summed E-state index contributed by atoms with van der Waals surface area (Å²) in [5.41, 5.74) is 0. The molecule has 1 aromatic rings. The van der Waals surface area contributed by atoms with Gasteiger partial charge in [-0.2, -0.15) is 0 Å². The van der Waals surface area contributed by atoms with Crippen LogP contribution in [0, 0.1) is 0 Å². The first-order valence-electron chi connectivity index (χ1n) is 6.02. The van der Waals surface area contributed by atoms with Gasteiger partial charge in [-0.05, 0) is 27.7 Å². The normalized spacial score (nSPS) is 14.1. The molecule has 0 saturated carbocycles. The van der Waals surface area contributed by atoms with E-state index in [1.54, 1.807) is 18.7 Å². The Balaban J connectivity index is 2.63. The second-order valence-corrected chi connectivity index (χ2v) is 4.59. The Labute approximate surface area is 112 Å². The number of amides is 1. The maximum absolute atomic E-state index is 12.0. The highest BCUT2D eigenvalue weighted by atomic mass is 35.5. The van der Waals surface area contributed by atoms with E-state index >= 15 is 0 Å². The van der Waals surface area contributed by atoms with Gasteiger partial charge >= 0.3 is 6.01 Å². The third-order valence-electron chi connectivity index (χ3n) is 2.57. The van der Waals surface area contributed by atoms with Gasteiger partial charge in [-0.1, -0.05) is 5.10 Å². The van der Waals surface area contributed by atoms with Crippen LogP contribution in [0.15, 0.2) is 4.42 Å². The maximum Gasteiger partial charge on any atom is 0.316 e. The second-order valence-electron chi connectivity index (χ2n) is 3.94. The van der Waals surface area contributed by atoms with Crippen LogP contribution in [0.1, 0.15) is 39.0 Å². The van der Waals surface area contributed by atoms with Crippen molar-refractivity contribution in [3.63, 3.8) is 0 Å². The number of likely N-dealkylation sites (N-methyl/N-ethyl adjacent to an activating group) is 1. The maximum atomic E-state index is 12.0. The van der Waals surface area contributed by atoms with Crippen LogP contribution in [-0.2, 0) is 4.79 Å². The van der Waals surface area contributed by atoms with Crippen molar-refractivity contribution >= 4 is 23.5 Å². The molecule has 0 radical (unpaired) electrons. The molecular formula is C11H19ClN4O2. The van der Waals surface area contributed by atoms with Crippen LogP contribution < -0.4 is 5.32 Å². The summed E-state index contributed by atoms with van der Waals surface area (Å²) in [7, 11) is 0. The van der Waals surface area contributed by atoms with Crippen LogP contribution in [0.4, 0.5) is 6.01 Å². The molecule has 0 bridgehead atoms. The van der Waals surface area contributed by atoms with E-state index in [2.05, 4.69) is 15.5 Å². The lowest BCUT2D eigenvalue weighted by Crippen LogP contribution is -2.41. The number of carbonyl (C=O) groups excluding carboxylic acids is 1. The van der Waals surface area contributed by atoms with E-state index in [0.717, 1.165) is 0 Å². The first-order chi connectivity index (χ1) is 8.49. The van der Waals surface area contributed by atoms with Gasteiger partial charge in [-0.3, -0.25) is 4.79 Å². The van der Waals surface area contributed by atoms with E-state index in [0.29, 0.717) is 19.0 Å². The number of aromatic nitrogens is 2. The van der Waals surface area contributed by atoms with Crippen LogP contribution in [-0.4, -0.2) is 40.1 Å². The number of halogens is 1. The lowest BCUT2D eigenvalue weighted by Gasteiger charge is -2.22. The smallest absolute Gasteiger partial charge is 0.316 e. The summed E-state index contributed by atoms with van der Waals surface area (Å²) in [5.74, 6) is 0.334. The highest BCUT2D eigenvalue weighted by molar-refractivity contribution is 6.20. The van der Waals surface area contributed by atoms with E-state index in [9.17, 15) is 4.79 Å². The lowest BCUT2D eigenvalue weighted by molar-refractivity contribution is -0.131. The molecule has 0 aliphatic heterocycles. The number of nitrogens with zero attached hydrogens (tertiary/aromatic N) is 3. The molecule has 0 fully saturated rings. The van der Waals surface area contributed by atoms with Gasteiger partial charge < -0.3 is 14.6 Å². The molecule has 6 nitrogen and oxygen atoms in total. The lowest BCUT2D eigenvalue weighted by atomic mass is 10.3. The van der Waals surface area contributed by atoms with Crippen molar-refractivity contribution in [1.29, 1.82) is 0 Å². The number of carbonyl (C=O) groups is 1. The molecule has 1 N–H and O–H groups in total. The molecule has 1 heterocycles. The summed E-state index contributed by atoms with van der Waals surface area (Å²) >= 11 is 5.81. The molecule has 2 atom stereocenters. The fraction of sp³-hybridized carbons (Fsp3) is 0.727. The summed E-state index contributed by atoms with van der Waals surface area (Å²) < 4.78 is 5.28. The summed E-state index contributed by atoms with van der Waals surface area (Å²) in [5, 5.41) is 10.1. The van der Waals surface area contributed by atoms with Crippen LogP contribution in [0.5, 0.6) is 0 Å². The molecule has 0 aromatic carbocycles. The molecule has 7 heteroatoms. The first-order valence-corrected chi connectivity index (χ1v) is 6.46. The summed E-state index contributed by atoms with van der Waals surface area (Å²) in [6.07, 6.45) is 0. The van der Waals surface area contributed by atoms with Crippen LogP contribution in [0.3, 0.4) is 0 Å². The predicted octanol–water partition coefficient (Wildman–Crippen LogP) is 2.04. The number of hydrogen-bond donors (Lipinski definition) is 1.